The van der Waals surface area contributed by atoms with Crippen LogP contribution in [0.4, 0.5) is 0 Å². The summed E-state index contributed by atoms with van der Waals surface area (Å²) >= 11 is 0. The van der Waals surface area contributed by atoms with Gasteiger partial charge in [-0.05, 0) is 25.3 Å². The molecule has 1 amide bonds. The second-order valence-corrected chi connectivity index (χ2v) is 3.07. The van der Waals surface area contributed by atoms with Gasteiger partial charge in [-0.15, -0.1) is 12.4 Å². The Morgan fingerprint density at radius 1 is 1.54 bits per heavy atom. The van der Waals surface area contributed by atoms with Crippen molar-refractivity contribution in [2.45, 2.75) is 25.8 Å². The van der Waals surface area contributed by atoms with Crippen molar-refractivity contribution in [2.75, 3.05) is 0 Å². The number of carbonyl (C=O) groups excluding carboxylic acids is 1. The molecule has 5 heteroatoms. The van der Waals surface area contributed by atoms with Crippen LogP contribution in [0.1, 0.15) is 29.0 Å². The summed E-state index contributed by atoms with van der Waals surface area (Å²) in [7, 11) is 0. The van der Waals surface area contributed by atoms with Crippen LogP contribution >= 0.6 is 12.4 Å². The lowest BCUT2D eigenvalue weighted by atomic mass is 10.1. The summed E-state index contributed by atoms with van der Waals surface area (Å²) in [6.45, 7) is 0.919. The minimum Gasteiger partial charge on any atom is -0.364 e. The monoisotopic (exact) mass is 201 g/mol. The summed E-state index contributed by atoms with van der Waals surface area (Å²) in [6, 6.07) is 1.79. The number of carbonyl (C=O) groups is 1. The predicted octanol–water partition coefficient (Wildman–Crippen LogP) is 0.740. The van der Waals surface area contributed by atoms with Gasteiger partial charge in [0.1, 0.15) is 5.69 Å². The van der Waals surface area contributed by atoms with Gasteiger partial charge in [0.05, 0.1) is 0 Å². The number of fused-ring (bicyclic) bond motifs is 1. The molecule has 0 aliphatic carbocycles. The number of halogens is 1. The second-order valence-electron chi connectivity index (χ2n) is 3.07. The number of nitrogens with zero attached hydrogens (tertiary/aromatic N) is 2. The molecule has 0 unspecified atom stereocenters. The van der Waals surface area contributed by atoms with Crippen LogP contribution in [0.2, 0.25) is 0 Å². The van der Waals surface area contributed by atoms with Crippen LogP contribution in [0.5, 0.6) is 0 Å². The van der Waals surface area contributed by atoms with Crippen molar-refractivity contribution in [3.8, 4) is 0 Å². The highest BCUT2D eigenvalue weighted by atomic mass is 35.5. The number of hydrogen-bond donors (Lipinski definition) is 1. The maximum absolute atomic E-state index is 10.8. The number of aryl methyl sites for hydroxylation is 2. The first-order chi connectivity index (χ1) is 5.77. The fourth-order valence-corrected chi connectivity index (χ4v) is 1.54. The van der Waals surface area contributed by atoms with Crippen molar-refractivity contribution in [1.82, 2.24) is 9.78 Å². The lowest BCUT2D eigenvalue weighted by Gasteiger charge is -2.11. The number of rotatable bonds is 1. The van der Waals surface area contributed by atoms with Gasteiger partial charge in [0.25, 0.3) is 5.91 Å². The lowest BCUT2D eigenvalue weighted by molar-refractivity contribution is 0.0994. The van der Waals surface area contributed by atoms with E-state index in [0.29, 0.717) is 5.69 Å². The summed E-state index contributed by atoms with van der Waals surface area (Å²) in [5, 5.41) is 4.09. The van der Waals surface area contributed by atoms with Crippen LogP contribution in [-0.4, -0.2) is 15.7 Å². The molecule has 2 heterocycles. The van der Waals surface area contributed by atoms with E-state index in [1.807, 2.05) is 4.68 Å². The molecule has 0 aromatic carbocycles. The number of primary amides is 1. The molecule has 13 heavy (non-hydrogen) atoms. The van der Waals surface area contributed by atoms with Crippen molar-refractivity contribution >= 4 is 18.3 Å². The van der Waals surface area contributed by atoms with E-state index in [9.17, 15) is 4.79 Å². The molecule has 1 aliphatic rings. The zero-order valence-electron chi connectivity index (χ0n) is 7.19. The first kappa shape index (κ1) is 10.1. The Labute approximate surface area is 82.5 Å². The van der Waals surface area contributed by atoms with Gasteiger partial charge >= 0.3 is 0 Å². The number of amides is 1. The van der Waals surface area contributed by atoms with E-state index >= 15 is 0 Å². The van der Waals surface area contributed by atoms with Crippen LogP contribution in [0.25, 0.3) is 0 Å². The van der Waals surface area contributed by atoms with Gasteiger partial charge in [0.2, 0.25) is 0 Å². The molecule has 0 radical (unpaired) electrons. The largest absolute Gasteiger partial charge is 0.364 e. The SMILES string of the molecule is Cl.NC(=O)c1cc2n(n1)CCCC2. The Morgan fingerprint density at radius 3 is 2.92 bits per heavy atom. The molecule has 0 spiro atoms. The zero-order chi connectivity index (χ0) is 8.55. The second kappa shape index (κ2) is 3.79. The van der Waals surface area contributed by atoms with E-state index in [4.69, 9.17) is 5.73 Å². The molecule has 0 atom stereocenters. The molecule has 2 N–H and O–H groups in total. The summed E-state index contributed by atoms with van der Waals surface area (Å²) in [4.78, 5) is 10.8. The minimum absolute atomic E-state index is 0. The third-order valence-corrected chi connectivity index (χ3v) is 2.17. The van der Waals surface area contributed by atoms with E-state index in [-0.39, 0.29) is 12.4 Å². The van der Waals surface area contributed by atoms with Crippen LogP contribution in [0, 0.1) is 0 Å². The molecule has 0 saturated carbocycles. The van der Waals surface area contributed by atoms with Crippen LogP contribution in [0.3, 0.4) is 0 Å². The quantitative estimate of drug-likeness (QED) is 0.729. The topological polar surface area (TPSA) is 60.9 Å². The van der Waals surface area contributed by atoms with Crippen molar-refractivity contribution in [1.29, 1.82) is 0 Å². The van der Waals surface area contributed by atoms with Crippen molar-refractivity contribution in [3.63, 3.8) is 0 Å². The van der Waals surface area contributed by atoms with E-state index in [1.54, 1.807) is 6.07 Å². The third kappa shape index (κ3) is 1.83. The molecule has 1 aromatic rings. The molecular weight excluding hydrogens is 190 g/mol. The average molecular weight is 202 g/mol. The number of nitrogens with two attached hydrogens (primary N) is 1. The molecule has 2 rings (SSSR count). The lowest BCUT2D eigenvalue weighted by Crippen LogP contribution is -2.13. The standard InChI is InChI=1S/C8H11N3O.ClH/c9-8(12)7-5-6-3-1-2-4-11(6)10-7;/h5H,1-4H2,(H2,9,12);1H. The van der Waals surface area contributed by atoms with Gasteiger partial charge in [0, 0.05) is 12.2 Å². The first-order valence-corrected chi connectivity index (χ1v) is 4.14. The Balaban J connectivity index is 0.000000845. The zero-order valence-corrected chi connectivity index (χ0v) is 8.01. The molecule has 0 saturated heterocycles. The molecule has 72 valence electrons. The maximum atomic E-state index is 10.8. The fourth-order valence-electron chi connectivity index (χ4n) is 1.54. The van der Waals surface area contributed by atoms with E-state index in [2.05, 4.69) is 5.10 Å². The molecule has 1 aliphatic heterocycles. The maximum Gasteiger partial charge on any atom is 0.269 e. The van der Waals surface area contributed by atoms with Crippen LogP contribution in [0.15, 0.2) is 6.07 Å². The van der Waals surface area contributed by atoms with Crippen molar-refractivity contribution < 1.29 is 4.79 Å². The predicted molar refractivity (Wildman–Crippen MR) is 50.9 cm³/mol. The fraction of sp³-hybridized carbons (Fsp3) is 0.500. The number of hydrogen-bond acceptors (Lipinski definition) is 2. The van der Waals surface area contributed by atoms with Gasteiger partial charge in [-0.3, -0.25) is 9.48 Å². The Morgan fingerprint density at radius 2 is 2.31 bits per heavy atom. The number of aromatic nitrogens is 2. The summed E-state index contributed by atoms with van der Waals surface area (Å²) in [5.74, 6) is -0.433. The molecule has 0 fully saturated rings. The highest BCUT2D eigenvalue weighted by Gasteiger charge is 2.14. The Hall–Kier alpha value is -1.03. The Bertz CT molecular complexity index is 298. The molecule has 1 aromatic heterocycles. The van der Waals surface area contributed by atoms with Gasteiger partial charge < -0.3 is 5.73 Å². The van der Waals surface area contributed by atoms with E-state index in [0.717, 1.165) is 25.1 Å². The average Bonchev–Trinajstić information content (AvgIpc) is 2.46. The summed E-state index contributed by atoms with van der Waals surface area (Å²) < 4.78 is 1.88. The molecule has 4 nitrogen and oxygen atoms in total. The van der Waals surface area contributed by atoms with E-state index in [1.165, 1.54) is 6.42 Å². The smallest absolute Gasteiger partial charge is 0.269 e. The molecule has 0 bridgehead atoms. The van der Waals surface area contributed by atoms with Gasteiger partial charge in [0.15, 0.2) is 0 Å². The Kier molecular flexibility index (Phi) is 2.93. The molecular formula is C8H12ClN3O. The minimum atomic E-state index is -0.433. The van der Waals surface area contributed by atoms with Crippen molar-refractivity contribution in [2.24, 2.45) is 5.73 Å². The first-order valence-electron chi connectivity index (χ1n) is 4.14. The van der Waals surface area contributed by atoms with Gasteiger partial charge in [-0.2, -0.15) is 5.10 Å². The van der Waals surface area contributed by atoms with Crippen molar-refractivity contribution in [3.05, 3.63) is 17.5 Å². The normalized spacial score (nSPS) is 14.5. The van der Waals surface area contributed by atoms with Gasteiger partial charge in [-0.25, -0.2) is 0 Å². The third-order valence-electron chi connectivity index (χ3n) is 2.17. The van der Waals surface area contributed by atoms with Crippen LogP contribution in [-0.2, 0) is 13.0 Å². The van der Waals surface area contributed by atoms with Crippen LogP contribution < -0.4 is 5.73 Å². The van der Waals surface area contributed by atoms with E-state index < -0.39 is 5.91 Å². The van der Waals surface area contributed by atoms with Gasteiger partial charge in [-0.1, -0.05) is 0 Å². The highest BCUT2D eigenvalue weighted by Crippen LogP contribution is 2.14. The summed E-state index contributed by atoms with van der Waals surface area (Å²) in [6.07, 6.45) is 3.34. The highest BCUT2D eigenvalue weighted by molar-refractivity contribution is 5.90. The summed E-state index contributed by atoms with van der Waals surface area (Å²) in [5.41, 5.74) is 6.64.